The highest BCUT2D eigenvalue weighted by atomic mass is 16.5. The Kier molecular flexibility index (Phi) is 2.36. The molecule has 0 bridgehead atoms. The van der Waals surface area contributed by atoms with Crippen molar-refractivity contribution in [1.82, 2.24) is 10.6 Å². The lowest BCUT2D eigenvalue weighted by molar-refractivity contribution is 0.0893. The van der Waals surface area contributed by atoms with Crippen molar-refractivity contribution in [2.24, 2.45) is 4.99 Å². The number of ether oxygens (including phenoxy) is 1. The standard InChI is InChI=1S/C9H17N3O2/c1-9(14-2)3-7(9)12-8-10-4-6(13)5-11-8/h6-7,13H,3-5H2,1-2H3,(H2,10,11,12). The van der Waals surface area contributed by atoms with Gasteiger partial charge in [-0.25, -0.2) is 0 Å². The number of β-amino-alcohol motifs (C(OH)–C–C–N with tert-alkyl or cyclic N) is 1. The van der Waals surface area contributed by atoms with Crippen molar-refractivity contribution in [2.75, 3.05) is 20.2 Å². The second-order valence-corrected chi connectivity index (χ2v) is 4.14. The molecule has 0 saturated heterocycles. The van der Waals surface area contributed by atoms with Crippen LogP contribution in [-0.4, -0.2) is 49.0 Å². The van der Waals surface area contributed by atoms with Gasteiger partial charge < -0.3 is 20.5 Å². The Balaban J connectivity index is 1.83. The van der Waals surface area contributed by atoms with Gasteiger partial charge in [0.05, 0.1) is 24.3 Å². The number of methoxy groups -OCH3 is 1. The maximum Gasteiger partial charge on any atom is 0.191 e. The molecule has 80 valence electrons. The molecule has 5 heteroatoms. The number of rotatable bonds is 2. The van der Waals surface area contributed by atoms with E-state index in [1.807, 2.05) is 0 Å². The van der Waals surface area contributed by atoms with Gasteiger partial charge in [-0.15, -0.1) is 0 Å². The first-order chi connectivity index (χ1) is 6.64. The number of hydrogen-bond donors (Lipinski definition) is 3. The SMILES string of the molecule is COC1(C)CC1NC1=NCC(O)CN1. The third-order valence-corrected chi connectivity index (χ3v) is 2.93. The van der Waals surface area contributed by atoms with E-state index in [4.69, 9.17) is 4.74 Å². The third-order valence-electron chi connectivity index (χ3n) is 2.93. The summed E-state index contributed by atoms with van der Waals surface area (Å²) in [6.07, 6.45) is 0.654. The van der Waals surface area contributed by atoms with Gasteiger partial charge in [0.1, 0.15) is 0 Å². The fraction of sp³-hybridized carbons (Fsp3) is 0.889. The van der Waals surface area contributed by atoms with Crippen LogP contribution in [0, 0.1) is 0 Å². The van der Waals surface area contributed by atoms with E-state index in [1.165, 1.54) is 0 Å². The van der Waals surface area contributed by atoms with E-state index in [1.54, 1.807) is 7.11 Å². The summed E-state index contributed by atoms with van der Waals surface area (Å²) < 4.78 is 5.33. The Labute approximate surface area is 83.5 Å². The molecule has 3 N–H and O–H groups in total. The molecule has 1 aliphatic carbocycles. The molecule has 0 amide bonds. The van der Waals surface area contributed by atoms with Gasteiger partial charge in [-0.3, -0.25) is 4.99 Å². The van der Waals surface area contributed by atoms with Crippen LogP contribution in [0.3, 0.4) is 0 Å². The molecular weight excluding hydrogens is 182 g/mol. The zero-order chi connectivity index (χ0) is 10.2. The van der Waals surface area contributed by atoms with Crippen LogP contribution in [0.15, 0.2) is 4.99 Å². The monoisotopic (exact) mass is 199 g/mol. The van der Waals surface area contributed by atoms with E-state index in [2.05, 4.69) is 22.5 Å². The van der Waals surface area contributed by atoms with E-state index in [0.29, 0.717) is 19.1 Å². The Hall–Kier alpha value is -0.810. The van der Waals surface area contributed by atoms with Crippen LogP contribution in [0.4, 0.5) is 0 Å². The number of aliphatic hydroxyl groups excluding tert-OH is 1. The molecule has 0 aromatic rings. The number of hydrogen-bond acceptors (Lipinski definition) is 5. The lowest BCUT2D eigenvalue weighted by Crippen LogP contribution is -2.48. The summed E-state index contributed by atoms with van der Waals surface area (Å²) in [5.41, 5.74) is -0.0414. The minimum Gasteiger partial charge on any atom is -0.389 e. The normalized spacial score (nSPS) is 41.2. The summed E-state index contributed by atoms with van der Waals surface area (Å²) in [6.45, 7) is 3.12. The quantitative estimate of drug-likeness (QED) is 0.538. The molecule has 0 aromatic carbocycles. The average Bonchev–Trinajstić information content (AvgIpc) is 2.82. The van der Waals surface area contributed by atoms with Crippen LogP contribution in [0.5, 0.6) is 0 Å². The predicted molar refractivity (Wildman–Crippen MR) is 53.3 cm³/mol. The second-order valence-electron chi connectivity index (χ2n) is 4.14. The molecule has 14 heavy (non-hydrogen) atoms. The van der Waals surface area contributed by atoms with Gasteiger partial charge in [-0.1, -0.05) is 0 Å². The number of aliphatic imine (C=N–C) groups is 1. The fourth-order valence-electron chi connectivity index (χ4n) is 1.57. The van der Waals surface area contributed by atoms with Gasteiger partial charge in [0.2, 0.25) is 0 Å². The minimum absolute atomic E-state index is 0.0414. The smallest absolute Gasteiger partial charge is 0.191 e. The zero-order valence-electron chi connectivity index (χ0n) is 8.58. The number of nitrogens with zero attached hydrogens (tertiary/aromatic N) is 1. The zero-order valence-corrected chi connectivity index (χ0v) is 8.58. The second kappa shape index (κ2) is 3.40. The summed E-state index contributed by atoms with van der Waals surface area (Å²) in [6, 6.07) is 0.342. The first-order valence-corrected chi connectivity index (χ1v) is 4.92. The molecule has 3 unspecified atom stereocenters. The van der Waals surface area contributed by atoms with Crippen LogP contribution in [-0.2, 0) is 4.74 Å². The van der Waals surface area contributed by atoms with Gasteiger partial charge in [-0.05, 0) is 6.92 Å². The van der Waals surface area contributed by atoms with Crippen molar-refractivity contribution in [1.29, 1.82) is 0 Å². The maximum atomic E-state index is 9.20. The molecule has 2 rings (SSSR count). The first kappa shape index (κ1) is 9.73. The molecule has 5 nitrogen and oxygen atoms in total. The molecule has 3 atom stereocenters. The minimum atomic E-state index is -0.353. The molecule has 1 heterocycles. The van der Waals surface area contributed by atoms with Crippen molar-refractivity contribution in [2.45, 2.75) is 31.1 Å². The topological polar surface area (TPSA) is 65.9 Å². The van der Waals surface area contributed by atoms with E-state index >= 15 is 0 Å². The average molecular weight is 199 g/mol. The summed E-state index contributed by atoms with van der Waals surface area (Å²) >= 11 is 0. The highest BCUT2D eigenvalue weighted by Gasteiger charge is 2.51. The van der Waals surface area contributed by atoms with E-state index in [0.717, 1.165) is 12.4 Å². The first-order valence-electron chi connectivity index (χ1n) is 4.92. The van der Waals surface area contributed by atoms with Crippen LogP contribution < -0.4 is 10.6 Å². The molecular formula is C9H17N3O2. The Bertz CT molecular complexity index is 256. The van der Waals surface area contributed by atoms with Crippen molar-refractivity contribution >= 4 is 5.96 Å². The van der Waals surface area contributed by atoms with Crippen molar-refractivity contribution in [3.05, 3.63) is 0 Å². The highest BCUT2D eigenvalue weighted by Crippen LogP contribution is 2.38. The summed E-state index contributed by atoms with van der Waals surface area (Å²) in [4.78, 5) is 4.18. The van der Waals surface area contributed by atoms with E-state index in [9.17, 15) is 5.11 Å². The van der Waals surface area contributed by atoms with Crippen molar-refractivity contribution < 1.29 is 9.84 Å². The number of guanidine groups is 1. The van der Waals surface area contributed by atoms with Crippen molar-refractivity contribution in [3.63, 3.8) is 0 Å². The Morgan fingerprint density at radius 1 is 1.71 bits per heavy atom. The largest absolute Gasteiger partial charge is 0.389 e. The van der Waals surface area contributed by atoms with Gasteiger partial charge in [0.25, 0.3) is 0 Å². The predicted octanol–water partition coefficient (Wildman–Crippen LogP) is -0.926. The maximum absolute atomic E-state index is 9.20. The van der Waals surface area contributed by atoms with E-state index in [-0.39, 0.29) is 11.7 Å². The van der Waals surface area contributed by atoms with Gasteiger partial charge in [-0.2, -0.15) is 0 Å². The molecule has 0 radical (unpaired) electrons. The molecule has 0 aromatic heterocycles. The summed E-state index contributed by atoms with van der Waals surface area (Å²) in [5, 5.41) is 15.5. The Morgan fingerprint density at radius 2 is 2.50 bits per heavy atom. The van der Waals surface area contributed by atoms with Crippen LogP contribution >= 0.6 is 0 Å². The van der Waals surface area contributed by atoms with Crippen LogP contribution in [0.1, 0.15) is 13.3 Å². The van der Waals surface area contributed by atoms with Crippen LogP contribution in [0.25, 0.3) is 0 Å². The molecule has 1 saturated carbocycles. The molecule has 1 fully saturated rings. The van der Waals surface area contributed by atoms with Gasteiger partial charge >= 0.3 is 0 Å². The third kappa shape index (κ3) is 1.83. The summed E-state index contributed by atoms with van der Waals surface area (Å²) in [5.74, 6) is 0.779. The highest BCUT2D eigenvalue weighted by molar-refractivity contribution is 5.81. The van der Waals surface area contributed by atoms with E-state index < -0.39 is 0 Å². The van der Waals surface area contributed by atoms with Gasteiger partial charge in [0.15, 0.2) is 5.96 Å². The molecule has 0 spiro atoms. The Morgan fingerprint density at radius 3 is 3.00 bits per heavy atom. The lowest BCUT2D eigenvalue weighted by Gasteiger charge is -2.20. The van der Waals surface area contributed by atoms with Gasteiger partial charge in [0, 0.05) is 20.1 Å². The number of nitrogens with one attached hydrogen (secondary N) is 2. The van der Waals surface area contributed by atoms with Crippen LogP contribution in [0.2, 0.25) is 0 Å². The molecule has 1 aliphatic heterocycles. The summed E-state index contributed by atoms with van der Waals surface area (Å²) in [7, 11) is 1.72. The lowest BCUT2D eigenvalue weighted by atomic mass is 10.3. The fourth-order valence-corrected chi connectivity index (χ4v) is 1.57. The number of aliphatic hydroxyl groups is 1. The molecule has 2 aliphatic rings. The van der Waals surface area contributed by atoms with Crippen molar-refractivity contribution in [3.8, 4) is 0 Å².